The van der Waals surface area contributed by atoms with E-state index in [0.29, 0.717) is 0 Å². The lowest BCUT2D eigenvalue weighted by molar-refractivity contribution is -0.138. The molecule has 0 saturated carbocycles. The molecule has 0 aromatic heterocycles. The van der Waals surface area contributed by atoms with E-state index in [-0.39, 0.29) is 18.3 Å². The van der Waals surface area contributed by atoms with Crippen molar-refractivity contribution in [3.8, 4) is 0 Å². The summed E-state index contributed by atoms with van der Waals surface area (Å²) >= 11 is 0. The van der Waals surface area contributed by atoms with Gasteiger partial charge in [-0.05, 0) is 17.7 Å². The molecule has 0 spiro atoms. The molecule has 0 aliphatic carbocycles. The monoisotopic (exact) mass is 234 g/mol. The Bertz CT molecular complexity index is 370. The highest BCUT2D eigenvalue weighted by Crippen LogP contribution is 2.32. The molecule has 1 rings (SSSR count). The zero-order chi connectivity index (χ0) is 12.2. The van der Waals surface area contributed by atoms with E-state index >= 15 is 0 Å². The Balaban J connectivity index is 2.96. The molecular weight excluding hydrogens is 224 g/mol. The first kappa shape index (κ1) is 12.7. The van der Waals surface area contributed by atoms with Crippen molar-refractivity contribution in [2.45, 2.75) is 18.7 Å². The molecule has 1 unspecified atom stereocenters. The van der Waals surface area contributed by atoms with E-state index in [0.717, 1.165) is 12.1 Å². The van der Waals surface area contributed by atoms with Gasteiger partial charge < -0.3 is 5.11 Å². The first-order valence-corrected chi connectivity index (χ1v) is 4.55. The van der Waals surface area contributed by atoms with E-state index in [9.17, 15) is 22.7 Å². The lowest BCUT2D eigenvalue weighted by Crippen LogP contribution is -2.14. The second kappa shape index (κ2) is 5.12. The lowest BCUT2D eigenvalue weighted by Gasteiger charge is -2.13. The van der Waals surface area contributed by atoms with Crippen LogP contribution in [0.1, 0.15) is 11.1 Å². The minimum atomic E-state index is -4.46. The van der Waals surface area contributed by atoms with E-state index in [2.05, 4.69) is 0 Å². The van der Waals surface area contributed by atoms with Crippen LogP contribution in [0.2, 0.25) is 0 Å². The van der Waals surface area contributed by atoms with Crippen molar-refractivity contribution in [3.63, 3.8) is 0 Å². The Morgan fingerprint density at radius 1 is 1.25 bits per heavy atom. The number of aliphatic hydroxyl groups excluding tert-OH is 1. The second-order valence-electron chi connectivity index (χ2n) is 3.24. The van der Waals surface area contributed by atoms with Crippen LogP contribution in [0.15, 0.2) is 36.7 Å². The van der Waals surface area contributed by atoms with Crippen LogP contribution in [-0.4, -0.2) is 11.2 Å². The van der Waals surface area contributed by atoms with Gasteiger partial charge in [-0.2, -0.15) is 13.2 Å². The summed E-state index contributed by atoms with van der Waals surface area (Å²) in [6.07, 6.45) is -5.08. The summed E-state index contributed by atoms with van der Waals surface area (Å²) in [6, 6.07) is 4.90. The highest BCUT2D eigenvalue weighted by atomic mass is 19.4. The summed E-state index contributed by atoms with van der Waals surface area (Å²) in [5.41, 5.74) is -0.859. The van der Waals surface area contributed by atoms with Gasteiger partial charge in [-0.15, -0.1) is 0 Å². The van der Waals surface area contributed by atoms with Gasteiger partial charge in [0.05, 0.1) is 18.0 Å². The maximum atomic E-state index is 12.5. The summed E-state index contributed by atoms with van der Waals surface area (Å²) in [6.45, 7) is 0. The molecular formula is C11H10F4O. The first-order valence-electron chi connectivity index (χ1n) is 4.55. The third-order valence-electron chi connectivity index (χ3n) is 2.05. The minimum Gasteiger partial charge on any atom is -0.389 e. The van der Waals surface area contributed by atoms with Gasteiger partial charge in [0, 0.05) is 6.42 Å². The first-order chi connectivity index (χ1) is 7.45. The number of alkyl halides is 3. The standard InChI is InChI=1S/C11H10F4O/c12-6-5-9(16)7-8-3-1-2-4-10(8)11(13,14)15/h1-6,9,16H,7H2. The quantitative estimate of drug-likeness (QED) is 0.797. The molecule has 0 aliphatic heterocycles. The Morgan fingerprint density at radius 3 is 2.44 bits per heavy atom. The fraction of sp³-hybridized carbons (Fsp3) is 0.273. The maximum absolute atomic E-state index is 12.5. The summed E-state index contributed by atoms with van der Waals surface area (Å²) in [7, 11) is 0. The van der Waals surface area contributed by atoms with E-state index < -0.39 is 17.8 Å². The number of rotatable bonds is 3. The maximum Gasteiger partial charge on any atom is 0.416 e. The summed E-state index contributed by atoms with van der Waals surface area (Å²) in [5.74, 6) is 0. The van der Waals surface area contributed by atoms with Crippen molar-refractivity contribution in [2.24, 2.45) is 0 Å². The number of hydrogen-bond donors (Lipinski definition) is 1. The van der Waals surface area contributed by atoms with Gasteiger partial charge in [-0.25, -0.2) is 4.39 Å². The van der Waals surface area contributed by atoms with Gasteiger partial charge in [0.2, 0.25) is 0 Å². The fourth-order valence-electron chi connectivity index (χ4n) is 1.35. The molecule has 0 saturated heterocycles. The highest BCUT2D eigenvalue weighted by Gasteiger charge is 2.32. The van der Waals surface area contributed by atoms with Crippen molar-refractivity contribution in [3.05, 3.63) is 47.8 Å². The van der Waals surface area contributed by atoms with Crippen LogP contribution in [0.5, 0.6) is 0 Å². The van der Waals surface area contributed by atoms with Crippen molar-refractivity contribution >= 4 is 0 Å². The molecule has 0 aliphatic rings. The molecule has 1 N–H and O–H groups in total. The molecule has 1 aromatic carbocycles. The van der Waals surface area contributed by atoms with Gasteiger partial charge in [-0.3, -0.25) is 0 Å². The average Bonchev–Trinajstić information content (AvgIpc) is 2.17. The smallest absolute Gasteiger partial charge is 0.389 e. The average molecular weight is 234 g/mol. The summed E-state index contributed by atoms with van der Waals surface area (Å²) < 4.78 is 49.3. The largest absolute Gasteiger partial charge is 0.416 e. The molecule has 0 heterocycles. The van der Waals surface area contributed by atoms with E-state index in [1.807, 2.05) is 0 Å². The summed E-state index contributed by atoms with van der Waals surface area (Å²) in [4.78, 5) is 0. The Kier molecular flexibility index (Phi) is 4.06. The van der Waals surface area contributed by atoms with Crippen molar-refractivity contribution in [1.82, 2.24) is 0 Å². The highest BCUT2D eigenvalue weighted by molar-refractivity contribution is 5.30. The van der Waals surface area contributed by atoms with Gasteiger partial charge in [-0.1, -0.05) is 18.2 Å². The van der Waals surface area contributed by atoms with E-state index in [1.165, 1.54) is 18.2 Å². The topological polar surface area (TPSA) is 20.2 Å². The van der Waals surface area contributed by atoms with Crippen LogP contribution < -0.4 is 0 Å². The minimum absolute atomic E-state index is 0.0550. The van der Waals surface area contributed by atoms with Crippen molar-refractivity contribution in [2.75, 3.05) is 0 Å². The second-order valence-corrected chi connectivity index (χ2v) is 3.24. The molecule has 1 aromatic rings. The van der Waals surface area contributed by atoms with E-state index in [1.54, 1.807) is 0 Å². The molecule has 0 fully saturated rings. The van der Waals surface area contributed by atoms with Crippen LogP contribution >= 0.6 is 0 Å². The number of hydrogen-bond acceptors (Lipinski definition) is 1. The Labute approximate surface area is 90.0 Å². The fourth-order valence-corrected chi connectivity index (χ4v) is 1.35. The van der Waals surface area contributed by atoms with Crippen LogP contribution in [0.4, 0.5) is 17.6 Å². The Hall–Kier alpha value is -1.36. The van der Waals surface area contributed by atoms with Crippen LogP contribution in [0, 0.1) is 0 Å². The summed E-state index contributed by atoms with van der Waals surface area (Å²) in [5, 5.41) is 9.20. The number of aliphatic hydroxyl groups is 1. The third kappa shape index (κ3) is 3.34. The third-order valence-corrected chi connectivity index (χ3v) is 2.05. The molecule has 16 heavy (non-hydrogen) atoms. The molecule has 0 bridgehead atoms. The molecule has 1 nitrogen and oxygen atoms in total. The Morgan fingerprint density at radius 2 is 1.88 bits per heavy atom. The SMILES string of the molecule is OC(C=CF)Cc1ccccc1C(F)(F)F. The molecule has 0 amide bonds. The van der Waals surface area contributed by atoms with Crippen molar-refractivity contribution in [1.29, 1.82) is 0 Å². The normalized spacial score (nSPS) is 14.3. The van der Waals surface area contributed by atoms with Gasteiger partial charge >= 0.3 is 6.18 Å². The van der Waals surface area contributed by atoms with Gasteiger partial charge in [0.25, 0.3) is 0 Å². The molecule has 1 atom stereocenters. The van der Waals surface area contributed by atoms with Crippen LogP contribution in [0.25, 0.3) is 0 Å². The number of benzene rings is 1. The van der Waals surface area contributed by atoms with Crippen LogP contribution in [0.3, 0.4) is 0 Å². The molecule has 5 heteroatoms. The van der Waals surface area contributed by atoms with Gasteiger partial charge in [0.15, 0.2) is 0 Å². The number of halogens is 4. The lowest BCUT2D eigenvalue weighted by atomic mass is 10.0. The predicted octanol–water partition coefficient (Wildman–Crippen LogP) is 3.09. The van der Waals surface area contributed by atoms with E-state index in [4.69, 9.17) is 0 Å². The zero-order valence-electron chi connectivity index (χ0n) is 8.21. The van der Waals surface area contributed by atoms with Crippen LogP contribution in [-0.2, 0) is 12.6 Å². The molecule has 0 radical (unpaired) electrons. The van der Waals surface area contributed by atoms with Crippen molar-refractivity contribution < 1.29 is 22.7 Å². The molecule has 88 valence electrons. The van der Waals surface area contributed by atoms with Gasteiger partial charge in [0.1, 0.15) is 0 Å². The zero-order valence-corrected chi connectivity index (χ0v) is 8.21. The predicted molar refractivity (Wildman–Crippen MR) is 51.4 cm³/mol.